The largest absolute Gasteiger partial charge is 0.494 e. The van der Waals surface area contributed by atoms with Gasteiger partial charge in [0.25, 0.3) is 11.8 Å². The van der Waals surface area contributed by atoms with Gasteiger partial charge in [-0.25, -0.2) is 14.6 Å². The summed E-state index contributed by atoms with van der Waals surface area (Å²) < 4.78 is 60.7. The summed E-state index contributed by atoms with van der Waals surface area (Å²) in [5.41, 5.74) is 5.93. The van der Waals surface area contributed by atoms with E-state index in [1.165, 1.54) is 36.4 Å². The number of nitrogens with one attached hydrogen (secondary N) is 3. The van der Waals surface area contributed by atoms with Gasteiger partial charge in [-0.1, -0.05) is 71.9 Å². The second kappa shape index (κ2) is 23.4. The number of alkyl carbamates (subject to hydrolysis) is 1. The summed E-state index contributed by atoms with van der Waals surface area (Å²) in [5.74, 6) is -1.87. The number of aromatic carboxylic acids is 1. The van der Waals surface area contributed by atoms with Gasteiger partial charge in [-0.15, -0.1) is 5.10 Å². The van der Waals surface area contributed by atoms with Crippen LogP contribution in [-0.4, -0.2) is 75.3 Å². The number of ether oxygens (including phenoxy) is 3. The molecule has 8 aromatic rings. The van der Waals surface area contributed by atoms with Crippen LogP contribution in [-0.2, 0) is 24.0 Å². The van der Waals surface area contributed by atoms with E-state index in [2.05, 4.69) is 41.5 Å². The molecule has 2 aromatic heterocycles. The molecule has 0 saturated carbocycles. The number of carbonyl (C=O) groups excluding carboxylic acids is 3. The number of aromatic nitrogens is 4. The van der Waals surface area contributed by atoms with Crippen molar-refractivity contribution in [1.29, 1.82) is 0 Å². The normalized spacial score (nSPS) is 11.9. The van der Waals surface area contributed by atoms with E-state index < -0.39 is 35.7 Å². The molecular formula is C56H46F3N9O8. The number of alkyl halides is 3. The Morgan fingerprint density at radius 3 is 2.00 bits per heavy atom. The fourth-order valence-electron chi connectivity index (χ4n) is 8.23. The molecule has 0 fully saturated rings. The van der Waals surface area contributed by atoms with Crippen LogP contribution in [0.3, 0.4) is 0 Å². The number of benzene rings is 6. The van der Waals surface area contributed by atoms with Crippen molar-refractivity contribution >= 4 is 35.3 Å². The van der Waals surface area contributed by atoms with Gasteiger partial charge < -0.3 is 35.3 Å². The van der Waals surface area contributed by atoms with E-state index in [4.69, 9.17) is 14.2 Å². The monoisotopic (exact) mass is 1030 g/mol. The average Bonchev–Trinajstić information content (AvgIpc) is 4.04. The number of aryl methyl sites for hydroxylation is 1. The molecule has 6 aromatic carbocycles. The molecule has 3 amide bonds. The molecule has 1 aliphatic rings. The topological polar surface area (TPSA) is 221 Å². The lowest BCUT2D eigenvalue weighted by Crippen LogP contribution is -2.34. The Morgan fingerprint density at radius 1 is 0.671 bits per heavy atom. The zero-order valence-electron chi connectivity index (χ0n) is 40.2. The summed E-state index contributed by atoms with van der Waals surface area (Å²) in [5, 5.41) is 34.0. The van der Waals surface area contributed by atoms with E-state index in [-0.39, 0.29) is 60.5 Å². The lowest BCUT2D eigenvalue weighted by atomic mass is 9.98. The number of carboxylic acids is 1. The molecule has 0 spiro atoms. The van der Waals surface area contributed by atoms with Crippen LogP contribution in [0.2, 0.25) is 0 Å². The smallest absolute Gasteiger partial charge is 0.433 e. The Labute approximate surface area is 432 Å². The first kappa shape index (κ1) is 51.2. The molecule has 20 heteroatoms. The Balaban J connectivity index is 0.691. The highest BCUT2D eigenvalue weighted by molar-refractivity contribution is 5.95. The van der Waals surface area contributed by atoms with Crippen molar-refractivity contribution in [3.63, 3.8) is 0 Å². The molecule has 9 rings (SSSR count). The summed E-state index contributed by atoms with van der Waals surface area (Å²) in [7, 11) is 0. The van der Waals surface area contributed by atoms with Gasteiger partial charge in [-0.05, 0) is 113 Å². The van der Waals surface area contributed by atoms with E-state index in [0.29, 0.717) is 53.5 Å². The number of fused-ring (bicyclic) bond motifs is 3. The van der Waals surface area contributed by atoms with Gasteiger partial charge in [0.15, 0.2) is 0 Å². The van der Waals surface area contributed by atoms with Crippen LogP contribution in [0, 0.1) is 0 Å². The second-order valence-electron chi connectivity index (χ2n) is 17.2. The van der Waals surface area contributed by atoms with Crippen LogP contribution >= 0.6 is 0 Å². The number of nitrogens with zero attached hydrogens (tertiary/aromatic N) is 6. The molecule has 0 radical (unpaired) electrons. The van der Waals surface area contributed by atoms with Gasteiger partial charge >= 0.3 is 18.2 Å². The van der Waals surface area contributed by atoms with Crippen LogP contribution < -0.4 is 25.4 Å². The van der Waals surface area contributed by atoms with Crippen LogP contribution in [0.5, 0.6) is 17.4 Å². The summed E-state index contributed by atoms with van der Waals surface area (Å²) in [6, 6.07) is 43.5. The molecule has 0 saturated heterocycles. The highest BCUT2D eigenvalue weighted by Gasteiger charge is 2.34. The van der Waals surface area contributed by atoms with E-state index in [0.717, 1.165) is 28.3 Å². The van der Waals surface area contributed by atoms with Crippen molar-refractivity contribution < 1.29 is 51.7 Å². The van der Waals surface area contributed by atoms with E-state index >= 15 is 0 Å². The Kier molecular flexibility index (Phi) is 15.8. The Bertz CT molecular complexity index is 3380. The molecule has 2 heterocycles. The number of pyridine rings is 1. The van der Waals surface area contributed by atoms with Gasteiger partial charge in [0.1, 0.15) is 29.5 Å². The Morgan fingerprint density at radius 2 is 1.32 bits per heavy atom. The van der Waals surface area contributed by atoms with Gasteiger partial charge in [0.2, 0.25) is 5.88 Å². The molecule has 1 aliphatic carbocycles. The molecule has 76 heavy (non-hydrogen) atoms. The van der Waals surface area contributed by atoms with Crippen molar-refractivity contribution in [2.24, 2.45) is 10.2 Å². The van der Waals surface area contributed by atoms with E-state index in [1.54, 1.807) is 77.6 Å². The lowest BCUT2D eigenvalue weighted by Gasteiger charge is -2.15. The van der Waals surface area contributed by atoms with Gasteiger partial charge in [0.05, 0.1) is 29.7 Å². The molecule has 0 bridgehead atoms. The maximum atomic E-state index is 14.0. The van der Waals surface area contributed by atoms with Crippen molar-refractivity contribution in [3.05, 3.63) is 203 Å². The zero-order chi connectivity index (χ0) is 53.0. The quantitative estimate of drug-likeness (QED) is 0.0415. The van der Waals surface area contributed by atoms with Crippen molar-refractivity contribution in [3.8, 4) is 39.8 Å². The fourth-order valence-corrected chi connectivity index (χ4v) is 8.23. The third-order valence-corrected chi connectivity index (χ3v) is 11.9. The first-order valence-electron chi connectivity index (χ1n) is 23.8. The molecule has 0 atom stereocenters. The van der Waals surface area contributed by atoms with E-state index in [9.17, 15) is 37.5 Å². The molecule has 0 unspecified atom stereocenters. The zero-order valence-corrected chi connectivity index (χ0v) is 40.2. The number of azo groups is 1. The predicted molar refractivity (Wildman–Crippen MR) is 272 cm³/mol. The van der Waals surface area contributed by atoms with Crippen molar-refractivity contribution in [1.82, 2.24) is 35.9 Å². The molecule has 4 N–H and O–H groups in total. The summed E-state index contributed by atoms with van der Waals surface area (Å²) in [6.45, 7) is 0.804. The minimum absolute atomic E-state index is 0.0242. The van der Waals surface area contributed by atoms with Crippen molar-refractivity contribution in [2.45, 2.75) is 31.6 Å². The van der Waals surface area contributed by atoms with Crippen molar-refractivity contribution in [2.75, 3.05) is 26.3 Å². The van der Waals surface area contributed by atoms with Gasteiger partial charge in [0, 0.05) is 61.3 Å². The number of rotatable bonds is 20. The fraction of sp³-hybridized carbons (Fsp3) is 0.161. The summed E-state index contributed by atoms with van der Waals surface area (Å²) in [6.07, 6.45) is -3.25. The van der Waals surface area contributed by atoms with Gasteiger partial charge in [-0.2, -0.15) is 23.4 Å². The number of halogens is 3. The van der Waals surface area contributed by atoms with Gasteiger partial charge in [-0.3, -0.25) is 14.3 Å². The first-order valence-corrected chi connectivity index (χ1v) is 23.8. The molecule has 384 valence electrons. The average molecular weight is 1030 g/mol. The minimum atomic E-state index is -4.83. The predicted octanol–water partition coefficient (Wildman–Crippen LogP) is 10.9. The number of hydrogen-bond acceptors (Lipinski definition) is 12. The maximum absolute atomic E-state index is 14.0. The van der Waals surface area contributed by atoms with Crippen LogP contribution in [0.15, 0.2) is 174 Å². The standard InChI is InChI=1S/C56H46F3N9O8/c57-56(58,59)50-28-35(32-62-55(73)75-34-48-46-14-3-1-12-44(46)45-13-2-4-15-47(45)48)29-51(63-50)76-43-11-6-9-38(31-43)53(70)61-25-24-60-52(69)36-16-18-40(19-17-36)64-65-41-20-22-42(23-21-41)74-27-7-26-68-33-49(66-67-68)37-8-5-10-39(30-37)54(71)72/h1-6,8-23,28-31,33,48H,7,24-27,32,34H2,(H,60,69)(H,61,70)(H,62,73)(H,71,72)/b65-64+. The SMILES string of the molecule is O=C(NCc1cc(Oc2cccc(C(=O)NCCNC(=O)c3ccc(/N=N/c4ccc(OCCCn5cc(-c6cccc(C(=O)O)c6)nn5)cc4)cc3)c2)nc(C(F)(F)F)c1)OCC1c2ccccc2-c2ccccc21. The highest BCUT2D eigenvalue weighted by Crippen LogP contribution is 2.44. The molecule has 17 nitrogen and oxygen atoms in total. The first-order chi connectivity index (χ1) is 36.8. The van der Waals surface area contributed by atoms with Crippen LogP contribution in [0.25, 0.3) is 22.4 Å². The molecule has 0 aliphatic heterocycles. The number of carboxylic acid groups (broad SMARTS) is 1. The number of carbonyl (C=O) groups is 4. The lowest BCUT2D eigenvalue weighted by molar-refractivity contribution is -0.141. The minimum Gasteiger partial charge on any atom is -0.494 e. The van der Waals surface area contributed by atoms with Crippen LogP contribution in [0.4, 0.5) is 29.3 Å². The summed E-state index contributed by atoms with van der Waals surface area (Å²) in [4.78, 5) is 53.6. The number of hydrogen-bond donors (Lipinski definition) is 4. The summed E-state index contributed by atoms with van der Waals surface area (Å²) >= 11 is 0. The number of amides is 3. The van der Waals surface area contributed by atoms with E-state index in [1.807, 2.05) is 48.5 Å². The Hall–Kier alpha value is -9.72. The third kappa shape index (κ3) is 13.1. The molecular weight excluding hydrogens is 984 g/mol. The highest BCUT2D eigenvalue weighted by atomic mass is 19.4. The third-order valence-electron chi connectivity index (χ3n) is 11.9. The second-order valence-corrected chi connectivity index (χ2v) is 17.2. The maximum Gasteiger partial charge on any atom is 0.433 e. The van der Waals surface area contributed by atoms with Crippen LogP contribution in [0.1, 0.15) is 65.8 Å².